The molecular weight excluding hydrogens is 519 g/mol. The number of amidine groups is 1. The number of halogens is 4. The molecule has 14 heteroatoms. The minimum Gasteiger partial charge on any atom is -0.480 e. The van der Waals surface area contributed by atoms with Gasteiger partial charge >= 0.3 is 12.1 Å². The first-order valence-electron chi connectivity index (χ1n) is 11.0. The van der Waals surface area contributed by atoms with Crippen molar-refractivity contribution in [3.05, 3.63) is 63.8 Å². The van der Waals surface area contributed by atoms with Gasteiger partial charge in [-0.1, -0.05) is 17.7 Å². The summed E-state index contributed by atoms with van der Waals surface area (Å²) in [5.41, 5.74) is 0.960. The summed E-state index contributed by atoms with van der Waals surface area (Å²) in [5.74, 6) is -4.92. The lowest BCUT2D eigenvalue weighted by Crippen LogP contribution is -2.43. The second-order valence-corrected chi connectivity index (χ2v) is 9.11. The number of aromatic nitrogens is 2. The number of aryl methyl sites for hydroxylation is 2. The van der Waals surface area contributed by atoms with Crippen LogP contribution in [0.5, 0.6) is 0 Å². The summed E-state index contributed by atoms with van der Waals surface area (Å²) in [6, 6.07) is 0.896. The standard InChI is InChI=1S/C23H23ClF3N5O5/c1-11-8-31(2)20(28-11)19-29-15(9-32-10-23(26,27)7-16(32)21(33)34)18(37-22(35)36-3)17(30-19)13-5-4-12(25)6-14(13)24/h4-6,8,16-17H,7,9-10H2,1-3H3,(H,29,30)(H,33,34)/t16-,17?/m0/s1. The summed E-state index contributed by atoms with van der Waals surface area (Å²) < 4.78 is 53.9. The van der Waals surface area contributed by atoms with Gasteiger partial charge in [-0.2, -0.15) is 0 Å². The minimum absolute atomic E-state index is 0.0348. The molecule has 0 amide bonds. The van der Waals surface area contributed by atoms with Crippen LogP contribution in [0.15, 0.2) is 40.8 Å². The van der Waals surface area contributed by atoms with Crippen LogP contribution in [0.25, 0.3) is 0 Å². The van der Waals surface area contributed by atoms with Gasteiger partial charge in [0.05, 0.1) is 25.0 Å². The van der Waals surface area contributed by atoms with Crippen molar-refractivity contribution in [1.82, 2.24) is 19.8 Å². The van der Waals surface area contributed by atoms with Crippen molar-refractivity contribution < 1.29 is 37.3 Å². The zero-order valence-electron chi connectivity index (χ0n) is 20.0. The lowest BCUT2D eigenvalue weighted by atomic mass is 10.0. The third kappa shape index (κ3) is 5.57. The summed E-state index contributed by atoms with van der Waals surface area (Å²) in [6.45, 7) is 0.542. The highest BCUT2D eigenvalue weighted by molar-refractivity contribution is 6.31. The Morgan fingerprint density at radius 2 is 2.08 bits per heavy atom. The number of carbonyl (C=O) groups is 2. The third-order valence-corrected chi connectivity index (χ3v) is 6.24. The van der Waals surface area contributed by atoms with E-state index in [1.54, 1.807) is 24.7 Å². The summed E-state index contributed by atoms with van der Waals surface area (Å²) in [4.78, 5) is 34.0. The van der Waals surface area contributed by atoms with E-state index in [0.717, 1.165) is 24.1 Å². The van der Waals surface area contributed by atoms with Crippen LogP contribution in [-0.2, 0) is 21.3 Å². The van der Waals surface area contributed by atoms with Crippen LogP contribution in [0.3, 0.4) is 0 Å². The first-order valence-corrected chi connectivity index (χ1v) is 11.4. The molecule has 10 nitrogen and oxygen atoms in total. The van der Waals surface area contributed by atoms with E-state index in [2.05, 4.69) is 20.0 Å². The number of methoxy groups -OCH3 is 1. The molecule has 1 saturated heterocycles. The van der Waals surface area contributed by atoms with E-state index in [4.69, 9.17) is 16.3 Å². The topological polar surface area (TPSA) is 118 Å². The Hall–Kier alpha value is -3.58. The molecule has 1 aromatic carbocycles. The molecule has 37 heavy (non-hydrogen) atoms. The van der Waals surface area contributed by atoms with E-state index < -0.39 is 48.9 Å². The molecule has 0 saturated carbocycles. The normalized spacial score (nSPS) is 21.4. The van der Waals surface area contributed by atoms with Gasteiger partial charge < -0.3 is 24.5 Å². The van der Waals surface area contributed by atoms with Gasteiger partial charge in [0.15, 0.2) is 17.4 Å². The van der Waals surface area contributed by atoms with Gasteiger partial charge in [0.2, 0.25) is 0 Å². The fourth-order valence-electron chi connectivity index (χ4n) is 4.34. The van der Waals surface area contributed by atoms with Crippen molar-refractivity contribution in [3.8, 4) is 0 Å². The summed E-state index contributed by atoms with van der Waals surface area (Å²) in [5, 5.41) is 12.5. The number of hydrogen-bond donors (Lipinski definition) is 2. The van der Waals surface area contributed by atoms with Crippen molar-refractivity contribution >= 4 is 29.6 Å². The molecule has 198 valence electrons. The molecule has 0 bridgehead atoms. The number of ether oxygens (including phenoxy) is 2. The predicted molar refractivity (Wildman–Crippen MR) is 125 cm³/mol. The lowest BCUT2D eigenvalue weighted by molar-refractivity contribution is -0.142. The largest absolute Gasteiger partial charge is 0.513 e. The SMILES string of the molecule is COC(=O)OC1=C(CN2CC(F)(F)C[C@H]2C(=O)O)NC(c2nc(C)cn2C)=NC1c1ccc(F)cc1Cl. The van der Waals surface area contributed by atoms with Crippen molar-refractivity contribution in [2.75, 3.05) is 20.2 Å². The van der Waals surface area contributed by atoms with E-state index in [1.165, 1.54) is 6.07 Å². The average molecular weight is 542 g/mol. The van der Waals surface area contributed by atoms with Gasteiger partial charge in [-0.25, -0.2) is 27.9 Å². The molecule has 1 unspecified atom stereocenters. The molecule has 2 aromatic rings. The first kappa shape index (κ1) is 26.5. The van der Waals surface area contributed by atoms with Gasteiger partial charge in [-0.3, -0.25) is 9.69 Å². The number of rotatable bonds is 6. The molecule has 4 rings (SSSR count). The number of imidazole rings is 1. The van der Waals surface area contributed by atoms with Crippen molar-refractivity contribution in [3.63, 3.8) is 0 Å². The summed E-state index contributed by atoms with van der Waals surface area (Å²) >= 11 is 6.32. The van der Waals surface area contributed by atoms with Crippen molar-refractivity contribution in [2.24, 2.45) is 12.0 Å². The van der Waals surface area contributed by atoms with E-state index in [9.17, 15) is 27.9 Å². The molecule has 2 aliphatic heterocycles. The van der Waals surface area contributed by atoms with Gasteiger partial charge in [-0.15, -0.1) is 0 Å². The molecule has 0 aliphatic carbocycles. The number of nitrogens with zero attached hydrogens (tertiary/aromatic N) is 4. The molecule has 0 spiro atoms. The van der Waals surface area contributed by atoms with Crippen LogP contribution < -0.4 is 5.32 Å². The first-order chi connectivity index (χ1) is 17.4. The number of nitrogens with one attached hydrogen (secondary N) is 1. The maximum absolute atomic E-state index is 14.2. The van der Waals surface area contributed by atoms with E-state index >= 15 is 0 Å². The van der Waals surface area contributed by atoms with Crippen molar-refractivity contribution in [1.29, 1.82) is 0 Å². The van der Waals surface area contributed by atoms with Crippen LogP contribution in [0.4, 0.5) is 18.0 Å². The third-order valence-electron chi connectivity index (χ3n) is 5.91. The number of carboxylic acid groups (broad SMARTS) is 1. The number of aliphatic imine (C=N–C) groups is 1. The molecule has 2 N–H and O–H groups in total. The molecule has 1 aromatic heterocycles. The fourth-order valence-corrected chi connectivity index (χ4v) is 4.61. The average Bonchev–Trinajstić information content (AvgIpc) is 3.31. The fraction of sp³-hybridized carbons (Fsp3) is 0.391. The predicted octanol–water partition coefficient (Wildman–Crippen LogP) is 3.40. The van der Waals surface area contributed by atoms with Crippen LogP contribution in [0.1, 0.15) is 29.5 Å². The highest BCUT2D eigenvalue weighted by atomic mass is 35.5. The molecule has 2 aliphatic rings. The van der Waals surface area contributed by atoms with E-state index in [1.807, 2.05) is 0 Å². The van der Waals surface area contributed by atoms with Crippen LogP contribution in [-0.4, -0.2) is 69.7 Å². The van der Waals surface area contributed by atoms with Crippen LogP contribution in [0, 0.1) is 12.7 Å². The van der Waals surface area contributed by atoms with Crippen LogP contribution in [0.2, 0.25) is 5.02 Å². The Labute approximate surface area is 214 Å². The maximum atomic E-state index is 14.2. The lowest BCUT2D eigenvalue weighted by Gasteiger charge is -2.30. The molecular formula is C23H23ClF3N5O5. The number of benzene rings is 1. The highest BCUT2D eigenvalue weighted by Gasteiger charge is 2.49. The Morgan fingerprint density at radius 1 is 1.35 bits per heavy atom. The molecule has 1 fully saturated rings. The number of alkyl halides is 2. The minimum atomic E-state index is -3.24. The maximum Gasteiger partial charge on any atom is 0.513 e. The number of carboxylic acids is 1. The summed E-state index contributed by atoms with van der Waals surface area (Å²) in [6.07, 6.45) is -0.286. The monoisotopic (exact) mass is 541 g/mol. The molecule has 3 heterocycles. The zero-order valence-corrected chi connectivity index (χ0v) is 20.7. The van der Waals surface area contributed by atoms with Gasteiger partial charge in [0.25, 0.3) is 5.92 Å². The molecule has 2 atom stereocenters. The Bertz CT molecular complexity index is 1310. The van der Waals surface area contributed by atoms with Gasteiger partial charge in [0, 0.05) is 36.8 Å². The second-order valence-electron chi connectivity index (χ2n) is 8.71. The quantitative estimate of drug-likeness (QED) is 0.534. The van der Waals surface area contributed by atoms with Crippen molar-refractivity contribution in [2.45, 2.75) is 31.4 Å². The van der Waals surface area contributed by atoms with E-state index in [-0.39, 0.29) is 34.4 Å². The Balaban J connectivity index is 1.86. The summed E-state index contributed by atoms with van der Waals surface area (Å²) in [7, 11) is 2.79. The Kier molecular flexibility index (Phi) is 7.20. The van der Waals surface area contributed by atoms with Crippen LogP contribution >= 0.6 is 11.6 Å². The number of aliphatic carboxylic acids is 1. The van der Waals surface area contributed by atoms with E-state index in [0.29, 0.717) is 11.5 Å². The smallest absolute Gasteiger partial charge is 0.480 e. The van der Waals surface area contributed by atoms with Gasteiger partial charge in [0.1, 0.15) is 17.9 Å². The number of likely N-dealkylation sites (tertiary alicyclic amines) is 1. The second kappa shape index (κ2) is 10.1. The number of carbonyl (C=O) groups excluding carboxylic acids is 1. The Morgan fingerprint density at radius 3 is 2.68 bits per heavy atom. The number of hydrogen-bond acceptors (Lipinski definition) is 8. The zero-order chi connectivity index (χ0) is 27.1. The van der Waals surface area contributed by atoms with Gasteiger partial charge in [-0.05, 0) is 19.1 Å². The molecule has 0 radical (unpaired) electrons. The highest BCUT2D eigenvalue weighted by Crippen LogP contribution is 2.38.